The summed E-state index contributed by atoms with van der Waals surface area (Å²) in [7, 11) is 0. The molecule has 2 saturated heterocycles. The topological polar surface area (TPSA) is 134 Å². The van der Waals surface area contributed by atoms with Crippen molar-refractivity contribution in [3.8, 4) is 0 Å². The highest BCUT2D eigenvalue weighted by atomic mass is 16.8. The number of nitrogens with two attached hydrogens (primary N) is 1. The summed E-state index contributed by atoms with van der Waals surface area (Å²) < 4.78 is 52.7. The minimum absolute atomic E-state index is 0.155. The van der Waals surface area contributed by atoms with Crippen LogP contribution in [0.2, 0.25) is 0 Å². The van der Waals surface area contributed by atoms with E-state index in [1.807, 2.05) is 103 Å². The fourth-order valence-corrected chi connectivity index (χ4v) is 9.12. The van der Waals surface area contributed by atoms with Crippen LogP contribution in [0.4, 0.5) is 0 Å². The summed E-state index contributed by atoms with van der Waals surface area (Å²) in [6, 6.07) is 46.2. The average Bonchev–Trinajstić information content (AvgIpc) is 3.41. The molecule has 2 aliphatic rings. The monoisotopic (exact) mass is 956 g/mol. The lowest BCUT2D eigenvalue weighted by atomic mass is 9.96. The first-order valence-electron chi connectivity index (χ1n) is 25.6. The van der Waals surface area contributed by atoms with Crippen molar-refractivity contribution >= 4 is 11.9 Å². The van der Waals surface area contributed by atoms with E-state index in [-0.39, 0.29) is 26.4 Å². The molecule has 2 heterocycles. The van der Waals surface area contributed by atoms with Crippen LogP contribution in [0.1, 0.15) is 134 Å². The number of fused-ring (bicyclic) bond motifs is 1. The van der Waals surface area contributed by atoms with Crippen LogP contribution >= 0.6 is 0 Å². The van der Waals surface area contributed by atoms with Crippen molar-refractivity contribution in [3.05, 3.63) is 179 Å². The summed E-state index contributed by atoms with van der Waals surface area (Å²) in [6.45, 7) is 2.80. The van der Waals surface area contributed by atoms with Crippen molar-refractivity contribution in [2.24, 2.45) is 5.73 Å². The summed E-state index contributed by atoms with van der Waals surface area (Å²) >= 11 is 0. The summed E-state index contributed by atoms with van der Waals surface area (Å²) in [5.74, 6) is -1.12. The second-order valence-corrected chi connectivity index (χ2v) is 18.5. The SMILES string of the molecule is CCCCCCCCCCCCCC[C@@H](OC(=O)c1ccccc1)[C@@H](OC(=O)c1ccccc1)[C@@H](N)COC1OC2COC(c3ccccc3)OC2C(OCc2ccccc2)C1OCc1ccccc1. The zero-order valence-corrected chi connectivity index (χ0v) is 40.8. The fraction of sp³-hybridized carbons (Fsp3) is 0.458. The van der Waals surface area contributed by atoms with Crippen molar-refractivity contribution in [1.82, 2.24) is 0 Å². The van der Waals surface area contributed by atoms with Gasteiger partial charge in [-0.05, 0) is 48.2 Å². The van der Waals surface area contributed by atoms with Gasteiger partial charge < -0.3 is 43.6 Å². The maximum absolute atomic E-state index is 13.9. The third-order valence-electron chi connectivity index (χ3n) is 13.0. The number of carbonyl (C=O) groups is 2. The predicted octanol–water partition coefficient (Wildman–Crippen LogP) is 11.9. The molecular weight excluding hydrogens is 883 g/mol. The second-order valence-electron chi connectivity index (χ2n) is 18.5. The van der Waals surface area contributed by atoms with Crippen LogP contribution < -0.4 is 5.73 Å². The molecule has 0 aromatic heterocycles. The van der Waals surface area contributed by atoms with Crippen molar-refractivity contribution < 1.29 is 47.5 Å². The van der Waals surface area contributed by atoms with E-state index >= 15 is 0 Å². The van der Waals surface area contributed by atoms with Gasteiger partial charge in [0.05, 0.1) is 43.6 Å². The molecule has 5 aromatic rings. The van der Waals surface area contributed by atoms with Gasteiger partial charge in [-0.25, -0.2) is 9.59 Å². The Kier molecular flexibility index (Phi) is 21.9. The molecule has 7 rings (SSSR count). The van der Waals surface area contributed by atoms with E-state index in [2.05, 4.69) is 6.92 Å². The van der Waals surface area contributed by atoms with Crippen molar-refractivity contribution in [3.63, 3.8) is 0 Å². The van der Waals surface area contributed by atoms with Crippen molar-refractivity contribution in [1.29, 1.82) is 0 Å². The maximum Gasteiger partial charge on any atom is 0.338 e. The van der Waals surface area contributed by atoms with E-state index in [9.17, 15) is 9.59 Å². The number of esters is 2. The maximum atomic E-state index is 13.9. The standard InChI is InChI=1S/C59H73NO10/c1-2-3-4-5-6-7-8-9-10-11-12-28-39-50(67-56(61)46-33-22-15-23-34-46)52(69-57(62)47-35-24-16-25-36-47)49(60)42-65-59-55(64-41-45-31-20-14-21-32-45)54(63-40-44-29-18-13-19-30-44)53-51(68-59)43-66-58(70-53)48-37-26-17-27-38-48/h13-27,29-38,49-55,58-59H,2-12,28,39-43,60H2,1H3/t49-,50+,51?,52-,53?,54?,55?,58?,59?/m0/s1. The fourth-order valence-electron chi connectivity index (χ4n) is 9.12. The molecule has 9 atom stereocenters. The minimum Gasteiger partial charge on any atom is -0.455 e. The molecular formula is C59H73NO10. The molecule has 0 radical (unpaired) electrons. The van der Waals surface area contributed by atoms with Gasteiger partial charge in [0, 0.05) is 5.56 Å². The number of hydrogen-bond donors (Lipinski definition) is 1. The molecule has 6 unspecified atom stereocenters. The average molecular weight is 956 g/mol. The molecule has 2 fully saturated rings. The Balaban J connectivity index is 1.11. The molecule has 5 aromatic carbocycles. The van der Waals surface area contributed by atoms with E-state index < -0.39 is 67.2 Å². The Morgan fingerprint density at radius 1 is 0.557 bits per heavy atom. The Hall–Kier alpha value is -5.24. The molecule has 0 amide bonds. The zero-order chi connectivity index (χ0) is 48.6. The number of unbranched alkanes of at least 4 members (excludes halogenated alkanes) is 11. The van der Waals surface area contributed by atoms with Gasteiger partial charge in [-0.1, -0.05) is 205 Å². The first-order valence-corrected chi connectivity index (χ1v) is 25.6. The van der Waals surface area contributed by atoms with Crippen LogP contribution in [0.15, 0.2) is 152 Å². The highest BCUT2D eigenvalue weighted by Gasteiger charge is 2.52. The molecule has 2 aliphatic heterocycles. The molecule has 0 spiro atoms. The van der Waals surface area contributed by atoms with Gasteiger partial charge in [0.1, 0.15) is 30.5 Å². The van der Waals surface area contributed by atoms with Crippen LogP contribution in [0.25, 0.3) is 0 Å². The lowest BCUT2D eigenvalue weighted by molar-refractivity contribution is -0.373. The van der Waals surface area contributed by atoms with Gasteiger partial charge in [0.25, 0.3) is 0 Å². The molecule has 0 saturated carbocycles. The Labute approximate surface area is 415 Å². The lowest BCUT2D eigenvalue weighted by Crippen LogP contribution is -2.64. The van der Waals surface area contributed by atoms with Gasteiger partial charge in [-0.15, -0.1) is 0 Å². The first-order chi connectivity index (χ1) is 34.5. The predicted molar refractivity (Wildman–Crippen MR) is 270 cm³/mol. The minimum atomic E-state index is -1.09. The molecule has 11 heteroatoms. The van der Waals surface area contributed by atoms with Crippen LogP contribution in [-0.2, 0) is 51.1 Å². The quantitative estimate of drug-likeness (QED) is 0.0363. The zero-order valence-electron chi connectivity index (χ0n) is 40.8. The normalized spacial score (nSPS) is 21.2. The van der Waals surface area contributed by atoms with Gasteiger partial charge in [-0.3, -0.25) is 0 Å². The van der Waals surface area contributed by atoms with Crippen LogP contribution in [0, 0.1) is 0 Å². The Morgan fingerprint density at radius 2 is 1.03 bits per heavy atom. The van der Waals surface area contributed by atoms with Crippen LogP contribution in [-0.4, -0.2) is 74.1 Å². The molecule has 11 nitrogen and oxygen atoms in total. The van der Waals surface area contributed by atoms with E-state index in [1.54, 1.807) is 48.5 Å². The van der Waals surface area contributed by atoms with E-state index in [0.717, 1.165) is 42.4 Å². The van der Waals surface area contributed by atoms with E-state index in [0.29, 0.717) is 17.5 Å². The summed E-state index contributed by atoms with van der Waals surface area (Å²) in [4.78, 5) is 27.8. The highest BCUT2D eigenvalue weighted by molar-refractivity contribution is 5.90. The van der Waals surface area contributed by atoms with Gasteiger partial charge in [-0.2, -0.15) is 0 Å². The molecule has 70 heavy (non-hydrogen) atoms. The largest absolute Gasteiger partial charge is 0.455 e. The van der Waals surface area contributed by atoms with Crippen molar-refractivity contribution in [2.75, 3.05) is 13.2 Å². The van der Waals surface area contributed by atoms with E-state index in [1.165, 1.54) is 51.4 Å². The van der Waals surface area contributed by atoms with Crippen LogP contribution in [0.5, 0.6) is 0 Å². The smallest absolute Gasteiger partial charge is 0.338 e. The van der Waals surface area contributed by atoms with E-state index in [4.69, 9.17) is 43.6 Å². The Bertz CT molecular complexity index is 2200. The third-order valence-corrected chi connectivity index (χ3v) is 13.0. The summed E-state index contributed by atoms with van der Waals surface area (Å²) in [5, 5.41) is 0. The number of hydrogen-bond acceptors (Lipinski definition) is 11. The van der Waals surface area contributed by atoms with Gasteiger partial charge in [0.15, 0.2) is 18.7 Å². The number of benzene rings is 5. The second kappa shape index (κ2) is 29.2. The Morgan fingerprint density at radius 3 is 1.57 bits per heavy atom. The lowest BCUT2D eigenvalue weighted by Gasteiger charge is -2.49. The molecule has 2 N–H and O–H groups in total. The van der Waals surface area contributed by atoms with Gasteiger partial charge >= 0.3 is 11.9 Å². The number of rotatable bonds is 29. The highest BCUT2D eigenvalue weighted by Crippen LogP contribution is 2.38. The molecule has 0 aliphatic carbocycles. The first kappa shape index (κ1) is 52.6. The van der Waals surface area contributed by atoms with Crippen molar-refractivity contribution in [2.45, 2.75) is 159 Å². The van der Waals surface area contributed by atoms with Crippen LogP contribution in [0.3, 0.4) is 0 Å². The molecule has 374 valence electrons. The molecule has 0 bridgehead atoms. The third kappa shape index (κ3) is 16.4. The van der Waals surface area contributed by atoms with Gasteiger partial charge in [0.2, 0.25) is 0 Å². The summed E-state index contributed by atoms with van der Waals surface area (Å²) in [5.41, 5.74) is 10.7. The number of carbonyl (C=O) groups excluding carboxylic acids is 2. The summed E-state index contributed by atoms with van der Waals surface area (Å²) in [6.07, 6.45) is 8.18. The number of ether oxygens (including phenoxy) is 8.